The van der Waals surface area contributed by atoms with Crippen molar-refractivity contribution >= 4 is 39.5 Å². The molecule has 0 aliphatic heterocycles. The van der Waals surface area contributed by atoms with E-state index < -0.39 is 97.5 Å². The van der Waals surface area contributed by atoms with Crippen molar-refractivity contribution in [3.63, 3.8) is 0 Å². The number of phosphoric ester groups is 2. The molecule has 0 bridgehead atoms. The third kappa shape index (κ3) is 60.7. The normalized spacial score (nSPS) is 14.2. The van der Waals surface area contributed by atoms with E-state index in [2.05, 4.69) is 41.5 Å². The van der Waals surface area contributed by atoms with Gasteiger partial charge < -0.3 is 33.8 Å². The first kappa shape index (κ1) is 83.1. The Balaban J connectivity index is 5.24. The zero-order valence-corrected chi connectivity index (χ0v) is 56.7. The van der Waals surface area contributed by atoms with Crippen LogP contribution in [0.1, 0.15) is 330 Å². The van der Waals surface area contributed by atoms with E-state index in [9.17, 15) is 43.2 Å². The van der Waals surface area contributed by atoms with Gasteiger partial charge in [-0.05, 0) is 37.5 Å². The van der Waals surface area contributed by atoms with Crippen LogP contribution in [0.4, 0.5) is 0 Å². The zero-order valence-electron chi connectivity index (χ0n) is 54.9. The first-order valence-corrected chi connectivity index (χ1v) is 37.5. The fraction of sp³-hybridized carbons (Fsp3) is 0.939. The number of esters is 4. The van der Waals surface area contributed by atoms with Crippen LogP contribution in [0.2, 0.25) is 0 Å². The van der Waals surface area contributed by atoms with E-state index in [4.69, 9.17) is 37.0 Å². The smallest absolute Gasteiger partial charge is 0.462 e. The summed E-state index contributed by atoms with van der Waals surface area (Å²) < 4.78 is 68.1. The molecule has 504 valence electrons. The molecule has 0 heterocycles. The van der Waals surface area contributed by atoms with Crippen LogP contribution >= 0.6 is 15.6 Å². The van der Waals surface area contributed by atoms with Gasteiger partial charge >= 0.3 is 39.5 Å². The number of carbonyl (C=O) groups excluding carboxylic acids is 4. The highest BCUT2D eigenvalue weighted by Gasteiger charge is 2.30. The van der Waals surface area contributed by atoms with Crippen LogP contribution in [0.3, 0.4) is 0 Å². The summed E-state index contributed by atoms with van der Waals surface area (Å²) in [5, 5.41) is 10.5. The van der Waals surface area contributed by atoms with Gasteiger partial charge in [0.15, 0.2) is 12.2 Å². The van der Waals surface area contributed by atoms with Gasteiger partial charge in [-0.1, -0.05) is 279 Å². The number of phosphoric acid groups is 2. The Kier molecular flexibility index (Phi) is 57.1. The Morgan fingerprint density at radius 2 is 0.541 bits per heavy atom. The number of hydrogen-bond acceptors (Lipinski definition) is 15. The lowest BCUT2D eigenvalue weighted by atomic mass is 10.0. The monoisotopic (exact) mass is 1250 g/mol. The fourth-order valence-corrected chi connectivity index (χ4v) is 11.5. The molecule has 5 atom stereocenters. The number of hydrogen-bond donors (Lipinski definition) is 3. The maximum Gasteiger partial charge on any atom is 0.472 e. The van der Waals surface area contributed by atoms with E-state index >= 15 is 0 Å². The first-order valence-electron chi connectivity index (χ1n) is 34.5. The minimum Gasteiger partial charge on any atom is -0.462 e. The van der Waals surface area contributed by atoms with Crippen molar-refractivity contribution in [1.82, 2.24) is 0 Å². The minimum atomic E-state index is -4.95. The average molecular weight is 1260 g/mol. The molecule has 0 saturated carbocycles. The van der Waals surface area contributed by atoms with Crippen LogP contribution in [0.15, 0.2) is 0 Å². The molecule has 0 saturated heterocycles. The number of aliphatic hydroxyl groups is 1. The lowest BCUT2D eigenvalue weighted by Crippen LogP contribution is -2.30. The van der Waals surface area contributed by atoms with E-state index in [0.29, 0.717) is 25.7 Å². The van der Waals surface area contributed by atoms with Crippen LogP contribution < -0.4 is 0 Å². The number of carbonyl (C=O) groups is 4. The van der Waals surface area contributed by atoms with E-state index in [1.165, 1.54) is 148 Å². The highest BCUT2D eigenvalue weighted by Crippen LogP contribution is 2.45. The summed E-state index contributed by atoms with van der Waals surface area (Å²) in [7, 11) is -9.89. The maximum absolute atomic E-state index is 13.0. The standard InChI is InChI=1S/C66H128O17P2/c1-7-9-11-13-15-17-18-25-32-38-44-50-65(70)82-61(54-76-63(68)48-42-36-30-22-16-14-12-10-8-2)56-80-84(72,73)78-52-60(67)53-79-85(74,75)81-57-62(55-77-64(69)49-43-37-31-27-21-24-29-35-41-47-59(5)6)83-66(71)51-45-39-33-26-20-19-23-28-34-40-46-58(3)4/h58-62,67H,7-57H2,1-6H3,(H,72,73)(H,74,75)/t60-,61+,62+/m0/s1. The van der Waals surface area contributed by atoms with Gasteiger partial charge in [0.25, 0.3) is 0 Å². The van der Waals surface area contributed by atoms with Crippen LogP contribution in [0.5, 0.6) is 0 Å². The molecule has 0 aliphatic carbocycles. The van der Waals surface area contributed by atoms with Gasteiger partial charge in [-0.25, -0.2) is 9.13 Å². The topological polar surface area (TPSA) is 237 Å². The van der Waals surface area contributed by atoms with Crippen molar-refractivity contribution in [1.29, 1.82) is 0 Å². The minimum absolute atomic E-state index is 0.105. The lowest BCUT2D eigenvalue weighted by Gasteiger charge is -2.21. The summed E-state index contributed by atoms with van der Waals surface area (Å²) in [6.45, 7) is 9.47. The predicted octanol–water partition coefficient (Wildman–Crippen LogP) is 18.4. The summed E-state index contributed by atoms with van der Waals surface area (Å²) in [4.78, 5) is 72.3. The van der Waals surface area contributed by atoms with Crippen molar-refractivity contribution < 1.29 is 80.2 Å². The second kappa shape index (κ2) is 58.4. The molecule has 19 heteroatoms. The van der Waals surface area contributed by atoms with Gasteiger partial charge in [-0.2, -0.15) is 0 Å². The Hall–Kier alpha value is -1.94. The second-order valence-corrected chi connectivity index (χ2v) is 27.7. The molecule has 17 nitrogen and oxygen atoms in total. The molecule has 0 aromatic rings. The Labute approximate surface area is 517 Å². The van der Waals surface area contributed by atoms with Crippen molar-refractivity contribution in [2.45, 2.75) is 349 Å². The third-order valence-electron chi connectivity index (χ3n) is 15.2. The van der Waals surface area contributed by atoms with Crippen LogP contribution in [-0.4, -0.2) is 96.7 Å². The van der Waals surface area contributed by atoms with Gasteiger partial charge in [0.05, 0.1) is 26.4 Å². The van der Waals surface area contributed by atoms with Crippen LogP contribution in [-0.2, 0) is 65.4 Å². The molecule has 0 aliphatic rings. The van der Waals surface area contributed by atoms with Crippen molar-refractivity contribution in [3.05, 3.63) is 0 Å². The highest BCUT2D eigenvalue weighted by atomic mass is 31.2. The van der Waals surface area contributed by atoms with Gasteiger partial charge in [-0.15, -0.1) is 0 Å². The van der Waals surface area contributed by atoms with Gasteiger partial charge in [0.1, 0.15) is 19.3 Å². The number of rotatable bonds is 65. The summed E-state index contributed by atoms with van der Waals surface area (Å²) in [6, 6.07) is 0. The number of unbranched alkanes of at least 4 members (excludes halogenated alkanes) is 35. The third-order valence-corrected chi connectivity index (χ3v) is 17.1. The Bertz CT molecular complexity index is 1670. The molecule has 0 spiro atoms. The van der Waals surface area contributed by atoms with Gasteiger partial charge in [0, 0.05) is 25.7 Å². The van der Waals surface area contributed by atoms with E-state index in [0.717, 1.165) is 102 Å². The molecule has 3 N–H and O–H groups in total. The highest BCUT2D eigenvalue weighted by molar-refractivity contribution is 7.47. The van der Waals surface area contributed by atoms with Crippen molar-refractivity contribution in [2.24, 2.45) is 11.8 Å². The zero-order chi connectivity index (χ0) is 62.9. The molecule has 85 heavy (non-hydrogen) atoms. The second-order valence-electron chi connectivity index (χ2n) is 24.8. The summed E-state index contributed by atoms with van der Waals surface area (Å²) in [6.07, 6.45) is 41.6. The molecule has 0 radical (unpaired) electrons. The summed E-state index contributed by atoms with van der Waals surface area (Å²) in [5.41, 5.74) is 0. The average Bonchev–Trinajstić information content (AvgIpc) is 3.49. The fourth-order valence-electron chi connectivity index (χ4n) is 9.88. The molecule has 0 fully saturated rings. The van der Waals surface area contributed by atoms with Crippen molar-refractivity contribution in [2.75, 3.05) is 39.6 Å². The molecular formula is C66H128O17P2. The van der Waals surface area contributed by atoms with E-state index in [1.54, 1.807) is 0 Å². The largest absolute Gasteiger partial charge is 0.472 e. The summed E-state index contributed by atoms with van der Waals surface area (Å²) in [5.74, 6) is -0.635. The Morgan fingerprint density at radius 1 is 0.318 bits per heavy atom. The van der Waals surface area contributed by atoms with Crippen molar-refractivity contribution in [3.8, 4) is 0 Å². The lowest BCUT2D eigenvalue weighted by molar-refractivity contribution is -0.161. The van der Waals surface area contributed by atoms with Crippen LogP contribution in [0.25, 0.3) is 0 Å². The van der Waals surface area contributed by atoms with Gasteiger partial charge in [0.2, 0.25) is 0 Å². The Morgan fingerprint density at radius 3 is 0.800 bits per heavy atom. The molecule has 0 aromatic heterocycles. The molecule has 0 amide bonds. The predicted molar refractivity (Wildman–Crippen MR) is 340 cm³/mol. The number of aliphatic hydroxyl groups excluding tert-OH is 1. The molecule has 0 rings (SSSR count). The molecular weight excluding hydrogens is 1130 g/mol. The first-order chi connectivity index (χ1) is 40.9. The molecule has 0 aromatic carbocycles. The SMILES string of the molecule is CCCCCCCCCCCCCC(=O)O[C@H](COC(=O)CCCCCCCCCCC)COP(=O)(O)OC[C@H](O)COP(=O)(O)OC[C@@H](COC(=O)CCCCCCCCCCCC(C)C)OC(=O)CCCCCCCCCCCCC(C)C. The maximum atomic E-state index is 13.0. The molecule has 2 unspecified atom stereocenters. The van der Waals surface area contributed by atoms with Crippen LogP contribution in [0, 0.1) is 11.8 Å². The quantitative estimate of drug-likeness (QED) is 0.0222. The summed E-state index contributed by atoms with van der Waals surface area (Å²) >= 11 is 0. The number of ether oxygens (including phenoxy) is 4. The van der Waals surface area contributed by atoms with E-state index in [1.807, 2.05) is 0 Å². The van der Waals surface area contributed by atoms with Gasteiger partial charge in [-0.3, -0.25) is 37.3 Å². The van der Waals surface area contributed by atoms with E-state index in [-0.39, 0.29) is 25.7 Å².